The Bertz CT molecular complexity index is 587. The van der Waals surface area contributed by atoms with Crippen molar-refractivity contribution in [3.8, 4) is 11.5 Å². The normalized spacial score (nSPS) is 11.4. The molecule has 1 rings (SSSR count). The van der Waals surface area contributed by atoms with Crippen LogP contribution < -0.4 is 20.5 Å². The minimum atomic E-state index is -1.09. The highest BCUT2D eigenvalue weighted by Crippen LogP contribution is 2.28. The van der Waals surface area contributed by atoms with Gasteiger partial charge in [0.05, 0.1) is 7.11 Å². The Labute approximate surface area is 133 Å². The molecule has 0 aliphatic heterocycles. The largest absolute Gasteiger partial charge is 0.493 e. The first-order valence-corrected chi connectivity index (χ1v) is 7.01. The molecule has 0 heterocycles. The number of primary amides is 1. The lowest BCUT2D eigenvalue weighted by atomic mass is 10.1. The zero-order valence-electron chi connectivity index (χ0n) is 13.0. The summed E-state index contributed by atoms with van der Waals surface area (Å²) in [6.07, 6.45) is 0.957. The van der Waals surface area contributed by atoms with Gasteiger partial charge in [-0.15, -0.1) is 0 Å². The summed E-state index contributed by atoms with van der Waals surface area (Å²) in [6, 6.07) is 3.34. The monoisotopic (exact) mass is 324 g/mol. The van der Waals surface area contributed by atoms with Gasteiger partial charge in [-0.2, -0.15) is 0 Å². The molecule has 126 valence electrons. The maximum absolute atomic E-state index is 12.1. The van der Waals surface area contributed by atoms with Crippen LogP contribution in [0, 0.1) is 0 Å². The number of hydrogen-bond acceptors (Lipinski definition) is 5. The van der Waals surface area contributed by atoms with E-state index in [1.54, 1.807) is 0 Å². The summed E-state index contributed by atoms with van der Waals surface area (Å²) in [5.41, 5.74) is 5.22. The highest BCUT2D eigenvalue weighted by Gasteiger charge is 2.20. The van der Waals surface area contributed by atoms with Crippen LogP contribution in [-0.2, 0) is 9.59 Å². The molecule has 0 aromatic heterocycles. The number of carboxylic acid groups (broad SMARTS) is 1. The van der Waals surface area contributed by atoms with Gasteiger partial charge >= 0.3 is 5.97 Å². The number of hydrogen-bond donors (Lipinski definition) is 3. The average molecular weight is 324 g/mol. The second-order valence-corrected chi connectivity index (χ2v) is 4.77. The van der Waals surface area contributed by atoms with Crippen molar-refractivity contribution in [1.29, 1.82) is 0 Å². The van der Waals surface area contributed by atoms with Gasteiger partial charge in [-0.05, 0) is 24.6 Å². The number of aliphatic carboxylic acids is 1. The van der Waals surface area contributed by atoms with Gasteiger partial charge in [0.1, 0.15) is 6.04 Å². The molecule has 1 atom stereocenters. The van der Waals surface area contributed by atoms with Crippen molar-refractivity contribution in [1.82, 2.24) is 5.32 Å². The fraction of sp³-hybridized carbons (Fsp3) is 0.400. The molecule has 0 fully saturated rings. The van der Waals surface area contributed by atoms with Gasteiger partial charge in [-0.1, -0.05) is 13.3 Å². The van der Waals surface area contributed by atoms with Gasteiger partial charge in [0.25, 0.3) is 11.8 Å². The predicted molar refractivity (Wildman–Crippen MR) is 81.5 cm³/mol. The second-order valence-electron chi connectivity index (χ2n) is 4.77. The van der Waals surface area contributed by atoms with Gasteiger partial charge in [-0.3, -0.25) is 9.59 Å². The Morgan fingerprint density at radius 2 is 2.00 bits per heavy atom. The zero-order chi connectivity index (χ0) is 17.4. The van der Waals surface area contributed by atoms with Crippen LogP contribution in [0.15, 0.2) is 18.2 Å². The van der Waals surface area contributed by atoms with Gasteiger partial charge in [-0.25, -0.2) is 4.79 Å². The van der Waals surface area contributed by atoms with Crippen LogP contribution in [-0.4, -0.2) is 42.6 Å². The summed E-state index contributed by atoms with van der Waals surface area (Å²) in [7, 11) is 1.38. The van der Waals surface area contributed by atoms with Crippen LogP contribution in [0.3, 0.4) is 0 Å². The molecule has 0 radical (unpaired) electrons. The lowest BCUT2D eigenvalue weighted by Gasteiger charge is -2.15. The Morgan fingerprint density at radius 3 is 2.52 bits per heavy atom. The Morgan fingerprint density at radius 1 is 1.30 bits per heavy atom. The Balaban J connectivity index is 2.89. The molecule has 8 heteroatoms. The third-order valence-electron chi connectivity index (χ3n) is 2.98. The molecular formula is C15H20N2O6. The molecule has 1 aromatic rings. The molecule has 0 spiro atoms. The van der Waals surface area contributed by atoms with Crippen LogP contribution in [0.25, 0.3) is 0 Å². The second kappa shape index (κ2) is 8.62. The van der Waals surface area contributed by atoms with Crippen LogP contribution in [0.1, 0.15) is 30.1 Å². The van der Waals surface area contributed by atoms with Gasteiger partial charge in [0.2, 0.25) is 0 Å². The van der Waals surface area contributed by atoms with E-state index in [9.17, 15) is 14.4 Å². The molecule has 2 amide bonds. The van der Waals surface area contributed by atoms with E-state index in [0.717, 1.165) is 0 Å². The van der Waals surface area contributed by atoms with E-state index in [2.05, 4.69) is 5.32 Å². The first-order chi connectivity index (χ1) is 10.9. The van der Waals surface area contributed by atoms with E-state index in [0.29, 0.717) is 12.8 Å². The molecule has 1 aromatic carbocycles. The minimum Gasteiger partial charge on any atom is -0.493 e. The van der Waals surface area contributed by atoms with Crippen LogP contribution in [0.4, 0.5) is 0 Å². The topological polar surface area (TPSA) is 128 Å². The van der Waals surface area contributed by atoms with Gasteiger partial charge < -0.3 is 25.6 Å². The number of nitrogens with one attached hydrogen (secondary N) is 1. The van der Waals surface area contributed by atoms with E-state index >= 15 is 0 Å². The predicted octanol–water partition coefficient (Wildman–Crippen LogP) is 0.542. The first-order valence-electron chi connectivity index (χ1n) is 7.01. The number of carbonyl (C=O) groups is 3. The highest BCUT2D eigenvalue weighted by atomic mass is 16.5. The number of benzene rings is 1. The van der Waals surface area contributed by atoms with Gasteiger partial charge in [0.15, 0.2) is 18.1 Å². The van der Waals surface area contributed by atoms with E-state index in [1.807, 2.05) is 6.92 Å². The number of nitrogens with two attached hydrogens (primary N) is 1. The molecule has 0 saturated carbocycles. The maximum atomic E-state index is 12.1. The maximum Gasteiger partial charge on any atom is 0.326 e. The zero-order valence-corrected chi connectivity index (χ0v) is 13.0. The summed E-state index contributed by atoms with van der Waals surface area (Å²) < 4.78 is 10.3. The van der Waals surface area contributed by atoms with Crippen molar-refractivity contribution in [2.45, 2.75) is 25.8 Å². The smallest absolute Gasteiger partial charge is 0.326 e. The van der Waals surface area contributed by atoms with Crippen molar-refractivity contribution < 1.29 is 29.0 Å². The fourth-order valence-corrected chi connectivity index (χ4v) is 1.86. The third kappa shape index (κ3) is 5.50. The van der Waals surface area contributed by atoms with E-state index in [-0.39, 0.29) is 23.7 Å². The Kier molecular flexibility index (Phi) is 6.85. The number of carboxylic acids is 1. The summed E-state index contributed by atoms with van der Waals surface area (Å²) in [4.78, 5) is 33.9. The third-order valence-corrected chi connectivity index (χ3v) is 2.98. The van der Waals surface area contributed by atoms with E-state index in [1.165, 1.54) is 25.3 Å². The molecule has 4 N–H and O–H groups in total. The molecular weight excluding hydrogens is 304 g/mol. The molecule has 0 saturated heterocycles. The van der Waals surface area contributed by atoms with E-state index in [4.69, 9.17) is 20.3 Å². The SMILES string of the molecule is CCCC(NC(=O)c1ccc(OCC(N)=O)c(OC)c1)C(=O)O. The Hall–Kier alpha value is -2.77. The van der Waals surface area contributed by atoms with Crippen molar-refractivity contribution in [2.75, 3.05) is 13.7 Å². The van der Waals surface area contributed by atoms with Crippen molar-refractivity contribution in [3.63, 3.8) is 0 Å². The van der Waals surface area contributed by atoms with Crippen molar-refractivity contribution in [3.05, 3.63) is 23.8 Å². The average Bonchev–Trinajstić information content (AvgIpc) is 2.51. The number of amides is 2. The minimum absolute atomic E-state index is 0.218. The molecule has 23 heavy (non-hydrogen) atoms. The highest BCUT2D eigenvalue weighted by molar-refractivity contribution is 5.97. The summed E-state index contributed by atoms with van der Waals surface area (Å²) >= 11 is 0. The van der Waals surface area contributed by atoms with Crippen LogP contribution in [0.2, 0.25) is 0 Å². The van der Waals surface area contributed by atoms with Crippen molar-refractivity contribution >= 4 is 17.8 Å². The number of methoxy groups -OCH3 is 1. The lowest BCUT2D eigenvalue weighted by Crippen LogP contribution is -2.40. The quantitative estimate of drug-likeness (QED) is 0.608. The molecule has 0 aliphatic rings. The van der Waals surface area contributed by atoms with E-state index < -0.39 is 23.8 Å². The van der Waals surface area contributed by atoms with Crippen LogP contribution in [0.5, 0.6) is 11.5 Å². The molecule has 1 unspecified atom stereocenters. The summed E-state index contributed by atoms with van der Waals surface area (Å²) in [5.74, 6) is -1.77. The van der Waals surface area contributed by atoms with Crippen molar-refractivity contribution in [2.24, 2.45) is 5.73 Å². The molecule has 0 aliphatic carbocycles. The first kappa shape index (κ1) is 18.3. The number of rotatable bonds is 9. The lowest BCUT2D eigenvalue weighted by molar-refractivity contribution is -0.139. The van der Waals surface area contributed by atoms with Gasteiger partial charge in [0, 0.05) is 5.56 Å². The van der Waals surface area contributed by atoms with Crippen LogP contribution >= 0.6 is 0 Å². The molecule has 0 bridgehead atoms. The summed E-state index contributed by atoms with van der Waals surface area (Å²) in [5, 5.41) is 11.5. The standard InChI is InChI=1S/C15H20N2O6/c1-3-4-10(15(20)21)17-14(19)9-5-6-11(12(7-9)22-2)23-8-13(16)18/h5-7,10H,3-4,8H2,1-2H3,(H2,16,18)(H,17,19)(H,20,21). The molecule has 8 nitrogen and oxygen atoms in total. The fourth-order valence-electron chi connectivity index (χ4n) is 1.86. The summed E-state index contributed by atoms with van der Waals surface area (Å²) in [6.45, 7) is 1.51. The number of carbonyl (C=O) groups excluding carboxylic acids is 2. The number of ether oxygens (including phenoxy) is 2.